The van der Waals surface area contributed by atoms with Gasteiger partial charge in [-0.1, -0.05) is 46.3 Å². The predicted molar refractivity (Wildman–Crippen MR) is 103 cm³/mol. The number of halogens is 2. The van der Waals surface area contributed by atoms with Gasteiger partial charge in [-0.25, -0.2) is 4.79 Å². The first-order valence-electron chi connectivity index (χ1n) is 8.02. The molecule has 2 heterocycles. The number of esters is 1. The molecule has 2 unspecified atom stereocenters. The van der Waals surface area contributed by atoms with E-state index < -0.39 is 22.3 Å². The molecule has 2 aliphatic heterocycles. The molecule has 9 heteroatoms. The van der Waals surface area contributed by atoms with Crippen LogP contribution >= 0.6 is 39.3 Å². The Morgan fingerprint density at radius 1 is 1.42 bits per heavy atom. The van der Waals surface area contributed by atoms with E-state index in [4.69, 9.17) is 16.3 Å². The second kappa shape index (κ2) is 7.40. The number of ether oxygens (including phenoxy) is 1. The van der Waals surface area contributed by atoms with Crippen LogP contribution in [-0.2, 0) is 25.7 Å². The van der Waals surface area contributed by atoms with Crippen LogP contribution in [0, 0.1) is 0 Å². The molecule has 0 radical (unpaired) electrons. The molecule has 0 saturated carbocycles. The number of amides is 2. The van der Waals surface area contributed by atoms with Crippen LogP contribution in [-0.4, -0.2) is 49.7 Å². The van der Waals surface area contributed by atoms with Crippen LogP contribution < -0.4 is 5.32 Å². The fourth-order valence-electron chi connectivity index (χ4n) is 3.33. The highest BCUT2D eigenvalue weighted by Gasteiger charge is 2.73. The number of fused-ring (bicyclic) bond motifs is 1. The van der Waals surface area contributed by atoms with E-state index in [-0.39, 0.29) is 23.8 Å². The van der Waals surface area contributed by atoms with Crippen molar-refractivity contribution in [2.75, 3.05) is 11.2 Å². The largest absolute Gasteiger partial charge is 0.458 e. The fraction of sp³-hybridized carbons (Fsp3) is 0.471. The van der Waals surface area contributed by atoms with Crippen LogP contribution in [0.1, 0.15) is 18.9 Å². The standard InChI is InChI=1S/C17H18BrClN2O4S/c1-11(22)20-17(15(24)25-8-12-5-3-2-4-6-12)16(9-18,10-19)26-14-7-13(23)21(14)17/h2-6,14H,7-10H2,1H3,(H,20,22)/t14-,16?,17?/m1/s1. The van der Waals surface area contributed by atoms with Gasteiger partial charge in [-0.05, 0) is 5.56 Å². The minimum absolute atomic E-state index is 0.0407. The molecule has 1 aromatic rings. The molecule has 0 aromatic heterocycles. The number of carbonyl (C=O) groups excluding carboxylic acids is 3. The van der Waals surface area contributed by atoms with Crippen LogP contribution in [0.5, 0.6) is 0 Å². The van der Waals surface area contributed by atoms with Gasteiger partial charge in [-0.15, -0.1) is 23.4 Å². The van der Waals surface area contributed by atoms with Gasteiger partial charge >= 0.3 is 5.97 Å². The first kappa shape index (κ1) is 19.5. The van der Waals surface area contributed by atoms with Crippen molar-refractivity contribution in [2.45, 2.75) is 35.7 Å². The van der Waals surface area contributed by atoms with Gasteiger partial charge in [0.05, 0.1) is 16.5 Å². The van der Waals surface area contributed by atoms with Gasteiger partial charge in [0.25, 0.3) is 0 Å². The number of β-lactam (4-membered cyclic amide) rings is 1. The van der Waals surface area contributed by atoms with Gasteiger partial charge in [0.15, 0.2) is 0 Å². The second-order valence-corrected chi connectivity index (χ2v) is 8.64. The molecule has 2 aliphatic rings. The Balaban J connectivity index is 1.97. The molecule has 2 saturated heterocycles. The van der Waals surface area contributed by atoms with Crippen molar-refractivity contribution >= 4 is 57.1 Å². The third-order valence-electron chi connectivity index (χ3n) is 4.59. The maximum Gasteiger partial charge on any atom is 0.355 e. The average molecular weight is 462 g/mol. The topological polar surface area (TPSA) is 75.7 Å². The molecule has 1 N–H and O–H groups in total. The van der Waals surface area contributed by atoms with Crippen LogP contribution in [0.2, 0.25) is 0 Å². The monoisotopic (exact) mass is 460 g/mol. The number of hydrogen-bond acceptors (Lipinski definition) is 5. The van der Waals surface area contributed by atoms with Crippen molar-refractivity contribution in [2.24, 2.45) is 0 Å². The summed E-state index contributed by atoms with van der Waals surface area (Å²) in [6, 6.07) is 9.21. The summed E-state index contributed by atoms with van der Waals surface area (Å²) < 4.78 is 4.61. The summed E-state index contributed by atoms with van der Waals surface area (Å²) >= 11 is 11.1. The highest BCUT2D eigenvalue weighted by atomic mass is 79.9. The Kier molecular flexibility index (Phi) is 5.55. The fourth-order valence-corrected chi connectivity index (χ4v) is 6.70. The van der Waals surface area contributed by atoms with Gasteiger partial charge in [-0.2, -0.15) is 0 Å². The van der Waals surface area contributed by atoms with Gasteiger partial charge in [0, 0.05) is 18.1 Å². The minimum Gasteiger partial charge on any atom is -0.458 e. The van der Waals surface area contributed by atoms with Gasteiger partial charge in [0.1, 0.15) is 6.61 Å². The molecule has 2 amide bonds. The van der Waals surface area contributed by atoms with E-state index in [1.54, 1.807) is 0 Å². The molecule has 1 aromatic carbocycles. The maximum atomic E-state index is 13.2. The molecule has 0 bridgehead atoms. The van der Waals surface area contributed by atoms with Crippen molar-refractivity contribution in [1.29, 1.82) is 0 Å². The van der Waals surface area contributed by atoms with Crippen LogP contribution in [0.25, 0.3) is 0 Å². The molecular weight excluding hydrogens is 444 g/mol. The third kappa shape index (κ3) is 2.92. The molecule has 140 valence electrons. The Labute approximate surface area is 169 Å². The lowest BCUT2D eigenvalue weighted by atomic mass is 9.89. The molecule has 0 aliphatic carbocycles. The molecule has 3 atom stereocenters. The lowest BCUT2D eigenvalue weighted by Gasteiger charge is -2.48. The number of alkyl halides is 2. The Bertz CT molecular complexity index is 731. The number of hydrogen-bond donors (Lipinski definition) is 1. The van der Waals surface area contributed by atoms with Crippen molar-refractivity contribution in [3.63, 3.8) is 0 Å². The van der Waals surface area contributed by atoms with E-state index >= 15 is 0 Å². The predicted octanol–water partition coefficient (Wildman–Crippen LogP) is 2.24. The zero-order chi connectivity index (χ0) is 18.9. The van der Waals surface area contributed by atoms with Crippen molar-refractivity contribution in [3.05, 3.63) is 35.9 Å². The average Bonchev–Trinajstić information content (AvgIpc) is 2.85. The van der Waals surface area contributed by atoms with Gasteiger partial charge in [-0.3, -0.25) is 14.5 Å². The number of benzene rings is 1. The molecule has 6 nitrogen and oxygen atoms in total. The second-order valence-electron chi connectivity index (χ2n) is 6.26. The van der Waals surface area contributed by atoms with E-state index in [1.807, 2.05) is 30.3 Å². The van der Waals surface area contributed by atoms with E-state index in [0.717, 1.165) is 5.56 Å². The lowest BCUT2D eigenvalue weighted by molar-refractivity contribution is -0.178. The number of nitrogens with zero attached hydrogens (tertiary/aromatic N) is 1. The lowest BCUT2D eigenvalue weighted by Crippen LogP contribution is -2.77. The summed E-state index contributed by atoms with van der Waals surface area (Å²) in [5, 5.41) is 2.80. The van der Waals surface area contributed by atoms with E-state index in [1.165, 1.54) is 23.6 Å². The van der Waals surface area contributed by atoms with Crippen LogP contribution in [0.4, 0.5) is 0 Å². The summed E-state index contributed by atoms with van der Waals surface area (Å²) in [7, 11) is 0. The Hall–Kier alpha value is -1.25. The molecule has 26 heavy (non-hydrogen) atoms. The van der Waals surface area contributed by atoms with Gasteiger partial charge < -0.3 is 10.1 Å². The zero-order valence-electron chi connectivity index (χ0n) is 14.0. The highest BCUT2D eigenvalue weighted by molar-refractivity contribution is 9.09. The summed E-state index contributed by atoms with van der Waals surface area (Å²) in [6.07, 6.45) is 0.309. The molecule has 3 rings (SSSR count). The van der Waals surface area contributed by atoms with Crippen LogP contribution in [0.15, 0.2) is 30.3 Å². The number of carbonyl (C=O) groups is 3. The van der Waals surface area contributed by atoms with Crippen molar-refractivity contribution < 1.29 is 19.1 Å². The van der Waals surface area contributed by atoms with E-state index in [0.29, 0.717) is 11.8 Å². The first-order chi connectivity index (χ1) is 12.4. The number of rotatable bonds is 6. The van der Waals surface area contributed by atoms with Crippen molar-refractivity contribution in [3.8, 4) is 0 Å². The molecule has 0 spiro atoms. The Morgan fingerprint density at radius 2 is 2.12 bits per heavy atom. The summed E-state index contributed by atoms with van der Waals surface area (Å²) in [6.45, 7) is 1.35. The highest BCUT2D eigenvalue weighted by Crippen LogP contribution is 2.57. The van der Waals surface area contributed by atoms with E-state index in [2.05, 4.69) is 21.2 Å². The van der Waals surface area contributed by atoms with Crippen LogP contribution in [0.3, 0.4) is 0 Å². The normalized spacial score (nSPS) is 29.7. The van der Waals surface area contributed by atoms with Gasteiger partial charge in [0.2, 0.25) is 17.5 Å². The third-order valence-corrected chi connectivity index (χ3v) is 8.21. The van der Waals surface area contributed by atoms with Crippen molar-refractivity contribution in [1.82, 2.24) is 10.2 Å². The maximum absolute atomic E-state index is 13.2. The summed E-state index contributed by atoms with van der Waals surface area (Å²) in [5.74, 6) is -1.26. The smallest absolute Gasteiger partial charge is 0.355 e. The first-order valence-corrected chi connectivity index (χ1v) is 10.6. The molecule has 2 fully saturated rings. The van der Waals surface area contributed by atoms with E-state index in [9.17, 15) is 14.4 Å². The number of nitrogens with one attached hydrogen (secondary N) is 1. The summed E-state index contributed by atoms with van der Waals surface area (Å²) in [4.78, 5) is 38.9. The molecular formula is C17H18BrClN2O4S. The quantitative estimate of drug-likeness (QED) is 0.399. The number of thioether (sulfide) groups is 1. The zero-order valence-corrected chi connectivity index (χ0v) is 17.2. The minimum atomic E-state index is -1.64. The Morgan fingerprint density at radius 3 is 2.65 bits per heavy atom. The SMILES string of the molecule is CC(=O)NC1(C(=O)OCc2ccccc2)N2C(=O)C[C@H]2SC1(CCl)CBr. The summed E-state index contributed by atoms with van der Waals surface area (Å²) in [5.41, 5.74) is -0.824.